The van der Waals surface area contributed by atoms with Crippen LogP contribution in [0.5, 0.6) is 0 Å². The normalized spacial score (nSPS) is 13.1. The van der Waals surface area contributed by atoms with E-state index in [2.05, 4.69) is 6.07 Å². The summed E-state index contributed by atoms with van der Waals surface area (Å²) < 4.78 is 12.1. The Hall–Kier alpha value is -0.560. The number of halogens is 2. The van der Waals surface area contributed by atoms with Crippen LogP contribution in [0.3, 0.4) is 0 Å². The zero-order valence-electron chi connectivity index (χ0n) is 9.67. The van der Waals surface area contributed by atoms with Gasteiger partial charge in [0.1, 0.15) is 0 Å². The molecule has 0 fully saturated rings. The van der Waals surface area contributed by atoms with E-state index in [1.54, 1.807) is 18.2 Å². The van der Waals surface area contributed by atoms with E-state index in [4.69, 9.17) is 28.5 Å². The van der Waals surface area contributed by atoms with Gasteiger partial charge >= 0.3 is 0 Å². The van der Waals surface area contributed by atoms with Gasteiger partial charge in [0.15, 0.2) is 0 Å². The Bertz CT molecular complexity index is 460. The van der Waals surface area contributed by atoms with Crippen LogP contribution in [0, 0.1) is 16.7 Å². The van der Waals surface area contributed by atoms with Crippen LogP contribution in [0.1, 0.15) is 20.3 Å². The summed E-state index contributed by atoms with van der Waals surface area (Å²) >= 11 is 11.9. The van der Waals surface area contributed by atoms with E-state index in [9.17, 15) is 4.21 Å². The van der Waals surface area contributed by atoms with Gasteiger partial charge in [0.2, 0.25) is 0 Å². The maximum Gasteiger partial charge on any atom is 0.0760 e. The fraction of sp³-hybridized carbons (Fsp3) is 0.417. The van der Waals surface area contributed by atoms with Gasteiger partial charge in [-0.2, -0.15) is 5.26 Å². The van der Waals surface area contributed by atoms with Gasteiger partial charge in [0.05, 0.1) is 37.2 Å². The van der Waals surface area contributed by atoms with Crippen molar-refractivity contribution in [2.45, 2.75) is 25.2 Å². The quantitative estimate of drug-likeness (QED) is 0.839. The van der Waals surface area contributed by atoms with Crippen molar-refractivity contribution in [3.8, 4) is 6.07 Å². The second-order valence-corrected chi connectivity index (χ2v) is 6.67. The van der Waals surface area contributed by atoms with Crippen LogP contribution in [-0.2, 0) is 10.8 Å². The summed E-state index contributed by atoms with van der Waals surface area (Å²) in [4.78, 5) is 0.463. The molecule has 0 bridgehead atoms. The molecule has 0 amide bonds. The second kappa shape index (κ2) is 5.86. The molecule has 92 valence electrons. The third-order valence-corrected chi connectivity index (χ3v) is 4.69. The molecule has 1 aromatic carbocycles. The SMILES string of the molecule is CC(C)(C#N)CCS(=O)c1c(Cl)cccc1Cl. The minimum atomic E-state index is -1.27. The third kappa shape index (κ3) is 3.99. The van der Waals surface area contributed by atoms with Crippen LogP contribution < -0.4 is 0 Å². The Balaban J connectivity index is 2.82. The van der Waals surface area contributed by atoms with Crippen molar-refractivity contribution >= 4 is 34.0 Å². The third-order valence-electron chi connectivity index (χ3n) is 2.36. The molecule has 1 unspecified atom stereocenters. The highest BCUT2D eigenvalue weighted by molar-refractivity contribution is 7.85. The number of nitrogens with zero attached hydrogens (tertiary/aromatic N) is 1. The molecule has 5 heteroatoms. The van der Waals surface area contributed by atoms with Gasteiger partial charge in [-0.1, -0.05) is 29.3 Å². The summed E-state index contributed by atoms with van der Waals surface area (Å²) in [6.07, 6.45) is 0.539. The molecule has 17 heavy (non-hydrogen) atoms. The zero-order valence-corrected chi connectivity index (χ0v) is 12.0. The van der Waals surface area contributed by atoms with Crippen molar-refractivity contribution in [2.24, 2.45) is 5.41 Å². The number of hydrogen-bond donors (Lipinski definition) is 0. The molecule has 0 heterocycles. The topological polar surface area (TPSA) is 40.9 Å². The molecule has 0 saturated carbocycles. The first kappa shape index (κ1) is 14.5. The molecule has 2 nitrogen and oxygen atoms in total. The first-order valence-corrected chi connectivity index (χ1v) is 7.18. The van der Waals surface area contributed by atoms with E-state index in [0.717, 1.165) is 0 Å². The molecular formula is C12H13Cl2NOS. The molecule has 0 N–H and O–H groups in total. The molecule has 0 aromatic heterocycles. The molecule has 0 radical (unpaired) electrons. The van der Waals surface area contributed by atoms with E-state index < -0.39 is 16.2 Å². The molecule has 0 spiro atoms. The Morgan fingerprint density at radius 3 is 2.35 bits per heavy atom. The Kier molecular flexibility index (Phi) is 5.00. The van der Waals surface area contributed by atoms with Crippen molar-refractivity contribution in [1.82, 2.24) is 0 Å². The number of hydrogen-bond acceptors (Lipinski definition) is 2. The predicted octanol–water partition coefficient (Wildman–Crippen LogP) is 4.04. The summed E-state index contributed by atoms with van der Waals surface area (Å²) in [5.74, 6) is 0.379. The molecule has 1 atom stereocenters. The molecule has 0 aliphatic carbocycles. The Morgan fingerprint density at radius 1 is 1.35 bits per heavy atom. The highest BCUT2D eigenvalue weighted by Crippen LogP contribution is 2.29. The van der Waals surface area contributed by atoms with Gasteiger partial charge in [-0.15, -0.1) is 0 Å². The Morgan fingerprint density at radius 2 is 1.88 bits per heavy atom. The zero-order chi connectivity index (χ0) is 13.1. The van der Waals surface area contributed by atoms with E-state index in [-0.39, 0.29) is 0 Å². The summed E-state index contributed by atoms with van der Waals surface area (Å²) in [6.45, 7) is 3.64. The summed E-state index contributed by atoms with van der Waals surface area (Å²) in [6, 6.07) is 7.22. The number of nitriles is 1. The average molecular weight is 290 g/mol. The van der Waals surface area contributed by atoms with Crippen LogP contribution in [0.15, 0.2) is 23.1 Å². The first-order chi connectivity index (χ1) is 7.87. The van der Waals surface area contributed by atoms with Crippen molar-refractivity contribution in [1.29, 1.82) is 5.26 Å². The van der Waals surface area contributed by atoms with Crippen LogP contribution in [0.2, 0.25) is 10.0 Å². The molecule has 0 aliphatic rings. The summed E-state index contributed by atoms with van der Waals surface area (Å²) in [5, 5.41) is 9.70. The molecular weight excluding hydrogens is 277 g/mol. The van der Waals surface area contributed by atoms with Gasteiger partial charge in [-0.05, 0) is 32.4 Å². The van der Waals surface area contributed by atoms with Crippen molar-refractivity contribution < 1.29 is 4.21 Å². The summed E-state index contributed by atoms with van der Waals surface area (Å²) in [7, 11) is -1.27. The molecule has 0 aliphatic heterocycles. The van der Waals surface area contributed by atoms with Crippen LogP contribution in [0.25, 0.3) is 0 Å². The van der Waals surface area contributed by atoms with Gasteiger partial charge in [-0.3, -0.25) is 4.21 Å². The fourth-order valence-electron chi connectivity index (χ4n) is 1.21. The van der Waals surface area contributed by atoms with E-state index in [1.165, 1.54) is 0 Å². The van der Waals surface area contributed by atoms with Crippen LogP contribution in [0.4, 0.5) is 0 Å². The minimum absolute atomic E-state index is 0.379. The maximum atomic E-state index is 12.1. The number of benzene rings is 1. The monoisotopic (exact) mass is 289 g/mol. The number of rotatable bonds is 4. The van der Waals surface area contributed by atoms with Gasteiger partial charge in [0.25, 0.3) is 0 Å². The van der Waals surface area contributed by atoms with E-state index in [1.807, 2.05) is 13.8 Å². The lowest BCUT2D eigenvalue weighted by atomic mass is 9.93. The standard InChI is InChI=1S/C12H13Cl2NOS/c1-12(2,8-15)6-7-17(16)11-9(13)4-3-5-10(11)14/h3-5H,6-7H2,1-2H3. The molecule has 1 aromatic rings. The van der Waals surface area contributed by atoms with E-state index in [0.29, 0.717) is 27.1 Å². The highest BCUT2D eigenvalue weighted by atomic mass is 35.5. The molecule has 1 rings (SSSR count). The summed E-state index contributed by atoms with van der Waals surface area (Å²) in [5.41, 5.74) is -0.483. The molecule has 0 saturated heterocycles. The second-order valence-electron chi connectivity index (χ2n) is 4.35. The van der Waals surface area contributed by atoms with Crippen molar-refractivity contribution in [2.75, 3.05) is 5.75 Å². The van der Waals surface area contributed by atoms with Crippen LogP contribution in [-0.4, -0.2) is 9.96 Å². The Labute approximate surface area is 114 Å². The fourth-order valence-corrected chi connectivity index (χ4v) is 3.59. The van der Waals surface area contributed by atoms with E-state index >= 15 is 0 Å². The largest absolute Gasteiger partial charge is 0.254 e. The maximum absolute atomic E-state index is 12.1. The van der Waals surface area contributed by atoms with Gasteiger partial charge in [-0.25, -0.2) is 0 Å². The van der Waals surface area contributed by atoms with Crippen molar-refractivity contribution in [3.05, 3.63) is 28.2 Å². The van der Waals surface area contributed by atoms with Crippen molar-refractivity contribution in [3.63, 3.8) is 0 Å². The highest BCUT2D eigenvalue weighted by Gasteiger charge is 2.20. The van der Waals surface area contributed by atoms with Gasteiger partial charge in [0, 0.05) is 5.75 Å². The smallest absolute Gasteiger partial charge is 0.0760 e. The lowest BCUT2D eigenvalue weighted by Gasteiger charge is -2.14. The first-order valence-electron chi connectivity index (χ1n) is 5.11. The average Bonchev–Trinajstić information content (AvgIpc) is 2.26. The van der Waals surface area contributed by atoms with Gasteiger partial charge < -0.3 is 0 Å². The predicted molar refractivity (Wildman–Crippen MR) is 71.7 cm³/mol. The van der Waals surface area contributed by atoms with Crippen LogP contribution >= 0.6 is 23.2 Å². The lowest BCUT2D eigenvalue weighted by molar-refractivity contribution is 0.479. The lowest BCUT2D eigenvalue weighted by Crippen LogP contribution is -2.13. The minimum Gasteiger partial charge on any atom is -0.254 e.